The van der Waals surface area contributed by atoms with Gasteiger partial charge in [-0.25, -0.2) is 9.97 Å². The highest BCUT2D eigenvalue weighted by atomic mass is 16.4. The van der Waals surface area contributed by atoms with Crippen molar-refractivity contribution in [2.24, 2.45) is 5.92 Å². The van der Waals surface area contributed by atoms with E-state index in [1.54, 1.807) is 12.1 Å². The van der Waals surface area contributed by atoms with Gasteiger partial charge < -0.3 is 20.1 Å². The molecule has 23 heavy (non-hydrogen) atoms. The third kappa shape index (κ3) is 2.25. The number of carboxylic acid groups (broad SMARTS) is 1. The van der Waals surface area contributed by atoms with Crippen LogP contribution in [0.5, 0.6) is 5.75 Å². The van der Waals surface area contributed by atoms with Gasteiger partial charge in [-0.1, -0.05) is 0 Å². The zero-order chi connectivity index (χ0) is 16.0. The lowest BCUT2D eigenvalue weighted by atomic mass is 9.97. The molecule has 0 atom stereocenters. The number of hydrogen-bond acceptors (Lipinski definition) is 5. The molecule has 3 heterocycles. The number of aromatic hydroxyl groups is 1. The number of anilines is 1. The minimum atomic E-state index is -0.727. The van der Waals surface area contributed by atoms with E-state index >= 15 is 0 Å². The van der Waals surface area contributed by atoms with Crippen molar-refractivity contribution in [2.75, 3.05) is 18.0 Å². The van der Waals surface area contributed by atoms with Gasteiger partial charge in [0.1, 0.15) is 23.5 Å². The lowest BCUT2D eigenvalue weighted by Crippen LogP contribution is -2.36. The van der Waals surface area contributed by atoms with Crippen LogP contribution < -0.4 is 4.90 Å². The summed E-state index contributed by atoms with van der Waals surface area (Å²) in [6.45, 7) is 1.29. The van der Waals surface area contributed by atoms with Gasteiger partial charge in [-0.2, -0.15) is 0 Å². The summed E-state index contributed by atoms with van der Waals surface area (Å²) in [5, 5.41) is 20.6. The molecule has 2 aromatic heterocycles. The third-order valence-electron chi connectivity index (χ3n) is 4.50. The van der Waals surface area contributed by atoms with Crippen molar-refractivity contribution in [1.29, 1.82) is 0 Å². The second kappa shape index (κ2) is 5.12. The number of H-pyrrole nitrogens is 1. The van der Waals surface area contributed by atoms with Crippen molar-refractivity contribution in [1.82, 2.24) is 15.0 Å². The number of nitrogens with one attached hydrogen (secondary N) is 1. The van der Waals surface area contributed by atoms with Gasteiger partial charge in [0.2, 0.25) is 0 Å². The fourth-order valence-electron chi connectivity index (χ4n) is 3.27. The second-order valence-corrected chi connectivity index (χ2v) is 5.88. The molecule has 0 saturated carbocycles. The van der Waals surface area contributed by atoms with Crippen LogP contribution in [0.2, 0.25) is 0 Å². The molecule has 1 aromatic carbocycles. The number of piperidine rings is 1. The van der Waals surface area contributed by atoms with E-state index in [2.05, 4.69) is 19.9 Å². The predicted molar refractivity (Wildman–Crippen MR) is 85.6 cm³/mol. The molecule has 0 bridgehead atoms. The largest absolute Gasteiger partial charge is 0.508 e. The van der Waals surface area contributed by atoms with Gasteiger partial charge in [-0.3, -0.25) is 4.79 Å². The predicted octanol–water partition coefficient (Wildman–Crippen LogP) is 2.12. The first-order valence-corrected chi connectivity index (χ1v) is 7.56. The molecule has 1 aliphatic rings. The first-order chi connectivity index (χ1) is 11.1. The van der Waals surface area contributed by atoms with Gasteiger partial charge in [-0.05, 0) is 31.0 Å². The summed E-state index contributed by atoms with van der Waals surface area (Å²) in [7, 11) is 0. The van der Waals surface area contributed by atoms with Crippen molar-refractivity contribution < 1.29 is 15.0 Å². The summed E-state index contributed by atoms with van der Waals surface area (Å²) in [6, 6.07) is 5.14. The Balaban J connectivity index is 1.80. The Hall–Kier alpha value is -2.83. The zero-order valence-electron chi connectivity index (χ0n) is 12.4. The van der Waals surface area contributed by atoms with Crippen LogP contribution in [0.4, 0.5) is 5.82 Å². The van der Waals surface area contributed by atoms with Crippen LogP contribution in [0.1, 0.15) is 12.8 Å². The smallest absolute Gasteiger partial charge is 0.306 e. The van der Waals surface area contributed by atoms with Gasteiger partial charge in [-0.15, -0.1) is 0 Å². The Kier molecular flexibility index (Phi) is 3.07. The van der Waals surface area contributed by atoms with Gasteiger partial charge in [0.15, 0.2) is 0 Å². The molecule has 0 amide bonds. The lowest BCUT2D eigenvalue weighted by molar-refractivity contribution is -0.142. The minimum Gasteiger partial charge on any atom is -0.508 e. The molecule has 1 fully saturated rings. The number of aromatic amines is 1. The van der Waals surface area contributed by atoms with Crippen LogP contribution in [-0.4, -0.2) is 44.2 Å². The van der Waals surface area contributed by atoms with E-state index in [4.69, 9.17) is 5.11 Å². The number of hydrogen-bond donors (Lipinski definition) is 3. The number of fused-ring (bicyclic) bond motifs is 3. The maximum atomic E-state index is 11.1. The normalized spacial score (nSPS) is 16.3. The first kappa shape index (κ1) is 13.8. The van der Waals surface area contributed by atoms with Crippen LogP contribution in [0, 0.1) is 5.92 Å². The van der Waals surface area contributed by atoms with Gasteiger partial charge in [0.05, 0.1) is 11.3 Å². The fraction of sp³-hybridized carbons (Fsp3) is 0.312. The summed E-state index contributed by atoms with van der Waals surface area (Å²) in [5.41, 5.74) is 1.61. The fourth-order valence-corrected chi connectivity index (χ4v) is 3.27. The van der Waals surface area contributed by atoms with E-state index in [-0.39, 0.29) is 11.7 Å². The highest BCUT2D eigenvalue weighted by molar-refractivity contribution is 6.11. The monoisotopic (exact) mass is 312 g/mol. The number of aromatic nitrogens is 3. The molecule has 0 unspecified atom stereocenters. The van der Waals surface area contributed by atoms with E-state index in [0.29, 0.717) is 25.9 Å². The average Bonchev–Trinajstić information content (AvgIpc) is 2.93. The standard InChI is InChI=1S/C16H16N4O3/c21-10-1-2-12-11(7-10)13-14(19-12)17-8-18-15(13)20-5-3-9(4-6-20)16(22)23/h1-2,7-9,21H,3-6H2,(H,22,23)(H,17,18,19). The van der Waals surface area contributed by atoms with Gasteiger partial charge in [0.25, 0.3) is 0 Å². The molecule has 3 aromatic rings. The molecule has 1 saturated heterocycles. The molecular formula is C16H16N4O3. The number of carboxylic acids is 1. The Morgan fingerprint density at radius 3 is 2.78 bits per heavy atom. The van der Waals surface area contributed by atoms with Gasteiger partial charge >= 0.3 is 5.97 Å². The Morgan fingerprint density at radius 1 is 1.26 bits per heavy atom. The summed E-state index contributed by atoms with van der Waals surface area (Å²) in [6.07, 6.45) is 2.72. The molecule has 0 radical (unpaired) electrons. The SMILES string of the molecule is O=C(O)C1CCN(c2ncnc3[nH]c4ccc(O)cc4c23)CC1. The lowest BCUT2D eigenvalue weighted by Gasteiger charge is -2.31. The number of aliphatic carboxylic acids is 1. The highest BCUT2D eigenvalue weighted by Gasteiger charge is 2.26. The number of carbonyl (C=O) groups is 1. The quantitative estimate of drug-likeness (QED) is 0.670. The maximum Gasteiger partial charge on any atom is 0.306 e. The molecule has 3 N–H and O–H groups in total. The number of phenolic OH excluding ortho intramolecular Hbond substituents is 1. The van der Waals surface area contributed by atoms with Crippen molar-refractivity contribution in [3.63, 3.8) is 0 Å². The highest BCUT2D eigenvalue weighted by Crippen LogP contribution is 2.34. The summed E-state index contributed by atoms with van der Waals surface area (Å²) in [5.74, 6) is -0.0291. The molecule has 7 heteroatoms. The Labute approximate surface area is 131 Å². The van der Waals surface area contributed by atoms with Crippen LogP contribution in [0.25, 0.3) is 21.9 Å². The van der Waals surface area contributed by atoms with Crippen molar-refractivity contribution in [3.8, 4) is 5.75 Å². The van der Waals surface area contributed by atoms with Crippen molar-refractivity contribution in [2.45, 2.75) is 12.8 Å². The molecular weight excluding hydrogens is 296 g/mol. The van der Waals surface area contributed by atoms with Crippen LogP contribution in [-0.2, 0) is 4.79 Å². The zero-order valence-corrected chi connectivity index (χ0v) is 12.4. The minimum absolute atomic E-state index is 0.192. The van der Waals surface area contributed by atoms with E-state index in [9.17, 15) is 9.90 Å². The van der Waals surface area contributed by atoms with Crippen molar-refractivity contribution in [3.05, 3.63) is 24.5 Å². The Morgan fingerprint density at radius 2 is 2.04 bits per heavy atom. The van der Waals surface area contributed by atoms with Crippen molar-refractivity contribution >= 4 is 33.7 Å². The number of benzene rings is 1. The number of phenols is 1. The maximum absolute atomic E-state index is 11.1. The number of rotatable bonds is 2. The average molecular weight is 312 g/mol. The molecule has 7 nitrogen and oxygen atoms in total. The molecule has 118 valence electrons. The Bertz CT molecular complexity index is 897. The topological polar surface area (TPSA) is 102 Å². The summed E-state index contributed by atoms with van der Waals surface area (Å²) < 4.78 is 0. The van der Waals surface area contributed by atoms with Crippen LogP contribution in [0.3, 0.4) is 0 Å². The van der Waals surface area contributed by atoms with Crippen LogP contribution in [0.15, 0.2) is 24.5 Å². The van der Waals surface area contributed by atoms with E-state index in [0.717, 1.165) is 27.8 Å². The van der Waals surface area contributed by atoms with Gasteiger partial charge in [0, 0.05) is 24.0 Å². The summed E-state index contributed by atoms with van der Waals surface area (Å²) in [4.78, 5) is 25.1. The van der Waals surface area contributed by atoms with E-state index in [1.807, 2.05) is 6.07 Å². The molecule has 1 aliphatic heterocycles. The second-order valence-electron chi connectivity index (χ2n) is 5.88. The number of nitrogens with zero attached hydrogens (tertiary/aromatic N) is 3. The molecule has 4 rings (SSSR count). The molecule has 0 aliphatic carbocycles. The van der Waals surface area contributed by atoms with E-state index < -0.39 is 5.97 Å². The molecule has 0 spiro atoms. The third-order valence-corrected chi connectivity index (χ3v) is 4.50. The van der Waals surface area contributed by atoms with E-state index in [1.165, 1.54) is 6.33 Å². The summed E-state index contributed by atoms with van der Waals surface area (Å²) >= 11 is 0. The van der Waals surface area contributed by atoms with Crippen LogP contribution >= 0.6 is 0 Å². The first-order valence-electron chi connectivity index (χ1n) is 7.56.